The molecule has 0 saturated heterocycles. The molecule has 3 aromatic rings. The van der Waals surface area contributed by atoms with Crippen LogP contribution in [0, 0.1) is 6.92 Å². The molecule has 22 heavy (non-hydrogen) atoms. The highest BCUT2D eigenvalue weighted by atomic mass is 32.1. The van der Waals surface area contributed by atoms with Gasteiger partial charge in [-0.2, -0.15) is 0 Å². The summed E-state index contributed by atoms with van der Waals surface area (Å²) >= 11 is 1.83. The molecular formula is C18H20N2OS. The van der Waals surface area contributed by atoms with Gasteiger partial charge in [-0.3, -0.25) is 0 Å². The van der Waals surface area contributed by atoms with Gasteiger partial charge in [0.15, 0.2) is 0 Å². The van der Waals surface area contributed by atoms with Gasteiger partial charge in [-0.25, -0.2) is 0 Å². The van der Waals surface area contributed by atoms with Crippen LogP contribution >= 0.6 is 11.3 Å². The second-order valence-corrected chi connectivity index (χ2v) is 6.71. The van der Waals surface area contributed by atoms with Crippen molar-refractivity contribution in [3.05, 3.63) is 51.3 Å². The lowest BCUT2D eigenvalue weighted by atomic mass is 9.97. The highest BCUT2D eigenvalue weighted by Crippen LogP contribution is 2.37. The molecule has 2 aromatic heterocycles. The van der Waals surface area contributed by atoms with Gasteiger partial charge in [-0.05, 0) is 61.0 Å². The smallest absolute Gasteiger partial charge is 0.120 e. The monoisotopic (exact) mass is 312 g/mol. The van der Waals surface area contributed by atoms with Gasteiger partial charge in [0.2, 0.25) is 0 Å². The Morgan fingerprint density at radius 3 is 3.00 bits per heavy atom. The molecule has 2 N–H and O–H groups in total. The van der Waals surface area contributed by atoms with Crippen molar-refractivity contribution in [1.82, 2.24) is 10.3 Å². The number of aryl methyl sites for hydroxylation is 1. The van der Waals surface area contributed by atoms with Crippen molar-refractivity contribution in [2.24, 2.45) is 0 Å². The minimum atomic E-state index is 0.284. The third kappa shape index (κ3) is 2.14. The minimum absolute atomic E-state index is 0.284. The number of aromatic amines is 1. The molecule has 4 heteroatoms. The Bertz CT molecular complexity index is 818. The predicted molar refractivity (Wildman–Crippen MR) is 92.1 cm³/mol. The van der Waals surface area contributed by atoms with Gasteiger partial charge < -0.3 is 15.0 Å². The van der Waals surface area contributed by atoms with E-state index in [2.05, 4.69) is 40.8 Å². The molecule has 3 heterocycles. The van der Waals surface area contributed by atoms with Crippen LogP contribution in [-0.2, 0) is 6.42 Å². The van der Waals surface area contributed by atoms with Crippen molar-refractivity contribution < 1.29 is 4.74 Å². The zero-order valence-corrected chi connectivity index (χ0v) is 13.7. The van der Waals surface area contributed by atoms with Crippen LogP contribution in [0.25, 0.3) is 10.9 Å². The second kappa shape index (κ2) is 5.45. The normalized spacial score (nSPS) is 17.6. The molecule has 1 atom stereocenters. The Labute approximate surface area is 134 Å². The maximum Gasteiger partial charge on any atom is 0.120 e. The number of benzene rings is 1. The number of thiophene rings is 1. The van der Waals surface area contributed by atoms with Crippen LogP contribution in [0.4, 0.5) is 0 Å². The van der Waals surface area contributed by atoms with Crippen LogP contribution in [0.15, 0.2) is 29.6 Å². The summed E-state index contributed by atoms with van der Waals surface area (Å²) in [7, 11) is 0. The molecule has 0 radical (unpaired) electrons. The SMILES string of the molecule is CCOc1ccc2[nH]c3c(c2c1)CCNC3c1sccc1C. The maximum absolute atomic E-state index is 5.67. The number of hydrogen-bond acceptors (Lipinski definition) is 3. The zero-order chi connectivity index (χ0) is 15.1. The van der Waals surface area contributed by atoms with Crippen LogP contribution in [0.2, 0.25) is 0 Å². The number of ether oxygens (including phenoxy) is 1. The van der Waals surface area contributed by atoms with E-state index in [4.69, 9.17) is 4.74 Å². The second-order valence-electron chi connectivity index (χ2n) is 5.76. The van der Waals surface area contributed by atoms with E-state index in [1.165, 1.54) is 32.6 Å². The van der Waals surface area contributed by atoms with Gasteiger partial charge in [-0.15, -0.1) is 11.3 Å². The predicted octanol–water partition coefficient (Wildman–Crippen LogP) is 4.17. The summed E-state index contributed by atoms with van der Waals surface area (Å²) in [6.07, 6.45) is 1.06. The Balaban J connectivity index is 1.85. The number of H-pyrrole nitrogens is 1. The molecule has 1 aromatic carbocycles. The van der Waals surface area contributed by atoms with Gasteiger partial charge in [-0.1, -0.05) is 0 Å². The van der Waals surface area contributed by atoms with E-state index in [9.17, 15) is 0 Å². The molecule has 1 aliphatic heterocycles. The third-order valence-corrected chi connectivity index (χ3v) is 5.48. The molecule has 1 unspecified atom stereocenters. The minimum Gasteiger partial charge on any atom is -0.494 e. The lowest BCUT2D eigenvalue weighted by Gasteiger charge is -2.24. The number of rotatable bonds is 3. The summed E-state index contributed by atoms with van der Waals surface area (Å²) in [4.78, 5) is 5.05. The molecule has 1 aliphatic rings. The first-order valence-corrected chi connectivity index (χ1v) is 8.70. The quantitative estimate of drug-likeness (QED) is 0.761. The summed E-state index contributed by atoms with van der Waals surface area (Å²) in [5.41, 5.74) is 5.33. The number of hydrogen-bond donors (Lipinski definition) is 2. The Hall–Kier alpha value is -1.78. The molecule has 114 valence electrons. The first-order valence-electron chi connectivity index (χ1n) is 7.82. The van der Waals surface area contributed by atoms with E-state index in [0.717, 1.165) is 18.7 Å². The number of nitrogens with one attached hydrogen (secondary N) is 2. The first kappa shape index (κ1) is 13.9. The van der Waals surface area contributed by atoms with Crippen LogP contribution in [-0.4, -0.2) is 18.1 Å². The van der Waals surface area contributed by atoms with Crippen molar-refractivity contribution in [3.63, 3.8) is 0 Å². The van der Waals surface area contributed by atoms with Crippen molar-refractivity contribution in [2.45, 2.75) is 26.3 Å². The van der Waals surface area contributed by atoms with Gasteiger partial charge in [0, 0.05) is 28.0 Å². The molecule has 0 aliphatic carbocycles. The topological polar surface area (TPSA) is 37.0 Å². The van der Waals surface area contributed by atoms with E-state index in [1.54, 1.807) is 0 Å². The van der Waals surface area contributed by atoms with Gasteiger partial charge >= 0.3 is 0 Å². The van der Waals surface area contributed by atoms with Crippen molar-refractivity contribution in [1.29, 1.82) is 0 Å². The lowest BCUT2D eigenvalue weighted by Crippen LogP contribution is -2.30. The largest absolute Gasteiger partial charge is 0.494 e. The van der Waals surface area contributed by atoms with E-state index in [1.807, 2.05) is 24.3 Å². The molecule has 3 nitrogen and oxygen atoms in total. The molecule has 0 saturated carbocycles. The molecule has 0 amide bonds. The van der Waals surface area contributed by atoms with Crippen molar-refractivity contribution in [3.8, 4) is 5.75 Å². The van der Waals surface area contributed by atoms with Crippen LogP contribution in [0.5, 0.6) is 5.75 Å². The van der Waals surface area contributed by atoms with Gasteiger partial charge in [0.05, 0.1) is 12.6 Å². The van der Waals surface area contributed by atoms with Crippen molar-refractivity contribution in [2.75, 3.05) is 13.2 Å². The highest BCUT2D eigenvalue weighted by molar-refractivity contribution is 7.10. The summed E-state index contributed by atoms with van der Waals surface area (Å²) in [6, 6.07) is 8.85. The van der Waals surface area contributed by atoms with E-state index < -0.39 is 0 Å². The zero-order valence-electron chi connectivity index (χ0n) is 12.9. The fraction of sp³-hybridized carbons (Fsp3) is 0.333. The Morgan fingerprint density at radius 1 is 1.32 bits per heavy atom. The van der Waals surface area contributed by atoms with Crippen molar-refractivity contribution >= 4 is 22.2 Å². The average Bonchev–Trinajstić information content (AvgIpc) is 3.11. The highest BCUT2D eigenvalue weighted by Gasteiger charge is 2.27. The summed E-state index contributed by atoms with van der Waals surface area (Å²) in [6.45, 7) is 5.94. The van der Waals surface area contributed by atoms with Gasteiger partial charge in [0.25, 0.3) is 0 Å². The van der Waals surface area contributed by atoms with E-state index in [0.29, 0.717) is 6.61 Å². The summed E-state index contributed by atoms with van der Waals surface area (Å²) < 4.78 is 5.67. The lowest BCUT2D eigenvalue weighted by molar-refractivity contribution is 0.340. The third-order valence-electron chi connectivity index (χ3n) is 4.40. The van der Waals surface area contributed by atoms with E-state index in [-0.39, 0.29) is 6.04 Å². The summed E-state index contributed by atoms with van der Waals surface area (Å²) in [5.74, 6) is 0.958. The standard InChI is InChI=1S/C18H20N2OS/c1-3-21-12-4-5-15-14(10-12)13-6-8-19-17(16(13)20-15)18-11(2)7-9-22-18/h4-5,7,9-10,17,19-20H,3,6,8H2,1-2H3. The molecule has 4 rings (SSSR count). The number of fused-ring (bicyclic) bond motifs is 3. The summed E-state index contributed by atoms with van der Waals surface area (Å²) in [5, 5.41) is 7.15. The first-order chi connectivity index (χ1) is 10.8. The fourth-order valence-corrected chi connectivity index (χ4v) is 4.38. The van der Waals surface area contributed by atoms with Gasteiger partial charge in [0.1, 0.15) is 5.75 Å². The maximum atomic E-state index is 5.67. The molecule has 0 bridgehead atoms. The Kier molecular flexibility index (Phi) is 3.43. The van der Waals surface area contributed by atoms with Crippen LogP contribution < -0.4 is 10.1 Å². The number of aromatic nitrogens is 1. The Morgan fingerprint density at radius 2 is 2.23 bits per heavy atom. The van der Waals surface area contributed by atoms with Crippen LogP contribution in [0.3, 0.4) is 0 Å². The molecule has 0 fully saturated rings. The molecular weight excluding hydrogens is 292 g/mol. The fourth-order valence-electron chi connectivity index (χ4n) is 3.37. The van der Waals surface area contributed by atoms with E-state index >= 15 is 0 Å². The molecule has 0 spiro atoms. The average molecular weight is 312 g/mol. The van der Waals surface area contributed by atoms with Crippen LogP contribution in [0.1, 0.15) is 34.7 Å².